The topological polar surface area (TPSA) is 67.4 Å². The molecule has 0 atom stereocenters. The first-order valence-corrected chi connectivity index (χ1v) is 6.89. The van der Waals surface area contributed by atoms with Gasteiger partial charge in [0.25, 0.3) is 5.91 Å². The van der Waals surface area contributed by atoms with E-state index in [4.69, 9.17) is 16.3 Å². The van der Waals surface area contributed by atoms with E-state index >= 15 is 0 Å². The van der Waals surface area contributed by atoms with E-state index in [2.05, 4.69) is 17.2 Å². The number of benzene rings is 1. The molecule has 6 heteroatoms. The van der Waals surface area contributed by atoms with Crippen molar-refractivity contribution in [2.24, 2.45) is 0 Å². The van der Waals surface area contributed by atoms with Crippen molar-refractivity contribution in [1.29, 1.82) is 0 Å². The van der Waals surface area contributed by atoms with Crippen LogP contribution in [-0.2, 0) is 9.53 Å². The Morgan fingerprint density at radius 1 is 1.24 bits per heavy atom. The van der Waals surface area contributed by atoms with Gasteiger partial charge in [-0.3, -0.25) is 9.59 Å². The predicted octanol–water partition coefficient (Wildman–Crippen LogP) is 1.78. The van der Waals surface area contributed by atoms with E-state index in [1.807, 2.05) is 6.92 Å². The smallest absolute Gasteiger partial charge is 0.251 e. The minimum Gasteiger partial charge on any atom is -0.375 e. The van der Waals surface area contributed by atoms with Crippen LogP contribution in [0.1, 0.15) is 17.3 Å². The molecule has 0 aromatic heterocycles. The predicted molar refractivity (Wildman–Crippen MR) is 82.4 cm³/mol. The van der Waals surface area contributed by atoms with Crippen molar-refractivity contribution in [2.45, 2.75) is 6.92 Å². The van der Waals surface area contributed by atoms with Gasteiger partial charge in [-0.25, -0.2) is 0 Å². The zero-order valence-electron chi connectivity index (χ0n) is 11.9. The van der Waals surface area contributed by atoms with E-state index in [0.717, 1.165) is 5.57 Å². The normalized spacial score (nSPS) is 10.0. The third-order valence-corrected chi connectivity index (χ3v) is 2.68. The van der Waals surface area contributed by atoms with E-state index in [0.29, 0.717) is 30.3 Å². The first-order chi connectivity index (χ1) is 9.99. The molecule has 2 N–H and O–H groups in total. The summed E-state index contributed by atoms with van der Waals surface area (Å²) in [4.78, 5) is 23.3. The number of rotatable bonds is 8. The Labute approximate surface area is 129 Å². The van der Waals surface area contributed by atoms with Crippen LogP contribution in [0.4, 0.5) is 0 Å². The molecular formula is C15H19ClN2O3. The molecular weight excluding hydrogens is 292 g/mol. The maximum Gasteiger partial charge on any atom is 0.251 e. The summed E-state index contributed by atoms with van der Waals surface area (Å²) in [5, 5.41) is 5.73. The first-order valence-electron chi connectivity index (χ1n) is 6.51. The minimum absolute atomic E-state index is 0.0814. The standard InChI is InChI=1S/C15H19ClN2O3/c1-11(2)10-21-8-7-17-14(19)9-18-15(20)12-3-5-13(16)6-4-12/h3-6H,1,7-10H2,2H3,(H,17,19)(H,18,20). The van der Waals surface area contributed by atoms with Gasteiger partial charge in [0.1, 0.15) is 0 Å². The Morgan fingerprint density at radius 3 is 2.52 bits per heavy atom. The largest absolute Gasteiger partial charge is 0.375 e. The molecule has 0 spiro atoms. The van der Waals surface area contributed by atoms with E-state index in [-0.39, 0.29) is 18.4 Å². The fourth-order valence-electron chi connectivity index (χ4n) is 1.44. The van der Waals surface area contributed by atoms with Crippen LogP contribution >= 0.6 is 11.6 Å². The molecule has 1 aromatic rings. The third kappa shape index (κ3) is 7.48. The summed E-state index contributed by atoms with van der Waals surface area (Å²) in [6.45, 7) is 6.76. The lowest BCUT2D eigenvalue weighted by molar-refractivity contribution is -0.120. The number of hydrogen-bond acceptors (Lipinski definition) is 3. The fraction of sp³-hybridized carbons (Fsp3) is 0.333. The Kier molecular flexibility index (Phi) is 7.50. The maximum absolute atomic E-state index is 11.7. The highest BCUT2D eigenvalue weighted by Crippen LogP contribution is 2.09. The quantitative estimate of drug-likeness (QED) is 0.568. The molecule has 0 bridgehead atoms. The summed E-state index contributed by atoms with van der Waals surface area (Å²) < 4.78 is 5.24. The molecule has 0 saturated carbocycles. The van der Waals surface area contributed by atoms with Gasteiger partial charge >= 0.3 is 0 Å². The second-order valence-electron chi connectivity index (χ2n) is 4.55. The number of carbonyl (C=O) groups is 2. The molecule has 0 aliphatic rings. The van der Waals surface area contributed by atoms with Crippen molar-refractivity contribution < 1.29 is 14.3 Å². The lowest BCUT2D eigenvalue weighted by Gasteiger charge is -2.07. The molecule has 2 amide bonds. The molecule has 0 aliphatic carbocycles. The summed E-state index contributed by atoms with van der Waals surface area (Å²) in [7, 11) is 0. The zero-order valence-corrected chi connectivity index (χ0v) is 12.7. The molecule has 21 heavy (non-hydrogen) atoms. The van der Waals surface area contributed by atoms with Gasteiger partial charge in [0.05, 0.1) is 19.8 Å². The maximum atomic E-state index is 11.7. The van der Waals surface area contributed by atoms with Crippen molar-refractivity contribution in [3.63, 3.8) is 0 Å². The second kappa shape index (κ2) is 9.15. The highest BCUT2D eigenvalue weighted by Gasteiger charge is 2.07. The molecule has 114 valence electrons. The Bertz CT molecular complexity index is 500. The SMILES string of the molecule is C=C(C)COCCNC(=O)CNC(=O)c1ccc(Cl)cc1. The van der Waals surface area contributed by atoms with Gasteiger partial charge in [0.2, 0.25) is 5.91 Å². The van der Waals surface area contributed by atoms with E-state index in [1.54, 1.807) is 24.3 Å². The summed E-state index contributed by atoms with van der Waals surface area (Å²) in [6.07, 6.45) is 0. The van der Waals surface area contributed by atoms with Crippen LogP contribution in [0, 0.1) is 0 Å². The number of ether oxygens (including phenoxy) is 1. The molecule has 0 fully saturated rings. The fourth-order valence-corrected chi connectivity index (χ4v) is 1.56. The lowest BCUT2D eigenvalue weighted by atomic mass is 10.2. The number of halogens is 1. The Morgan fingerprint density at radius 2 is 1.90 bits per heavy atom. The van der Waals surface area contributed by atoms with Crippen LogP contribution in [0.5, 0.6) is 0 Å². The lowest BCUT2D eigenvalue weighted by Crippen LogP contribution is -2.38. The molecule has 0 aliphatic heterocycles. The van der Waals surface area contributed by atoms with Crippen molar-refractivity contribution in [3.8, 4) is 0 Å². The van der Waals surface area contributed by atoms with Gasteiger partial charge in [-0.15, -0.1) is 0 Å². The monoisotopic (exact) mass is 310 g/mol. The number of carbonyl (C=O) groups excluding carboxylic acids is 2. The summed E-state index contributed by atoms with van der Waals surface area (Å²) in [5.41, 5.74) is 1.38. The molecule has 0 heterocycles. The molecule has 0 radical (unpaired) electrons. The second-order valence-corrected chi connectivity index (χ2v) is 4.99. The average molecular weight is 311 g/mol. The van der Waals surface area contributed by atoms with Gasteiger partial charge in [0.15, 0.2) is 0 Å². The minimum atomic E-state index is -0.319. The Hall–Kier alpha value is -1.85. The number of nitrogens with one attached hydrogen (secondary N) is 2. The number of hydrogen-bond donors (Lipinski definition) is 2. The van der Waals surface area contributed by atoms with Gasteiger partial charge in [-0.1, -0.05) is 23.8 Å². The van der Waals surface area contributed by atoms with Crippen molar-refractivity contribution in [2.75, 3.05) is 26.3 Å². The van der Waals surface area contributed by atoms with Crippen LogP contribution in [0.3, 0.4) is 0 Å². The summed E-state index contributed by atoms with van der Waals surface area (Å²) in [5.74, 6) is -0.586. The van der Waals surface area contributed by atoms with Crippen molar-refractivity contribution in [1.82, 2.24) is 10.6 Å². The highest BCUT2D eigenvalue weighted by molar-refractivity contribution is 6.30. The molecule has 0 saturated heterocycles. The Balaban J connectivity index is 2.19. The molecule has 0 unspecified atom stereocenters. The summed E-state index contributed by atoms with van der Waals surface area (Å²) in [6, 6.07) is 6.44. The first kappa shape index (κ1) is 17.2. The number of amides is 2. The molecule has 1 aromatic carbocycles. The van der Waals surface area contributed by atoms with E-state index < -0.39 is 0 Å². The van der Waals surface area contributed by atoms with E-state index in [1.165, 1.54) is 0 Å². The van der Waals surface area contributed by atoms with Crippen LogP contribution < -0.4 is 10.6 Å². The van der Waals surface area contributed by atoms with Crippen LogP contribution in [0.25, 0.3) is 0 Å². The molecule has 5 nitrogen and oxygen atoms in total. The van der Waals surface area contributed by atoms with Gasteiger partial charge in [-0.05, 0) is 31.2 Å². The van der Waals surface area contributed by atoms with Crippen LogP contribution in [0.2, 0.25) is 5.02 Å². The zero-order chi connectivity index (χ0) is 15.7. The third-order valence-electron chi connectivity index (χ3n) is 2.43. The van der Waals surface area contributed by atoms with Crippen molar-refractivity contribution in [3.05, 3.63) is 47.0 Å². The molecule has 1 rings (SSSR count). The van der Waals surface area contributed by atoms with E-state index in [9.17, 15) is 9.59 Å². The van der Waals surface area contributed by atoms with Gasteiger partial charge < -0.3 is 15.4 Å². The highest BCUT2D eigenvalue weighted by atomic mass is 35.5. The van der Waals surface area contributed by atoms with Crippen molar-refractivity contribution >= 4 is 23.4 Å². The van der Waals surface area contributed by atoms with Gasteiger partial charge in [0, 0.05) is 17.1 Å². The van der Waals surface area contributed by atoms with Gasteiger partial charge in [-0.2, -0.15) is 0 Å². The summed E-state index contributed by atoms with van der Waals surface area (Å²) >= 11 is 5.73. The average Bonchev–Trinajstić information content (AvgIpc) is 2.44. The van der Waals surface area contributed by atoms with Crippen LogP contribution in [0.15, 0.2) is 36.4 Å². The van der Waals surface area contributed by atoms with Crippen LogP contribution in [-0.4, -0.2) is 38.1 Å².